The molecule has 0 amide bonds. The van der Waals surface area contributed by atoms with E-state index in [2.05, 4.69) is 15.9 Å². The second kappa shape index (κ2) is 3.91. The number of nitrogens with one attached hydrogen (secondary N) is 1. The fraction of sp³-hybridized carbons (Fsp3) is 0. The summed E-state index contributed by atoms with van der Waals surface area (Å²) in [7, 11) is -1.66. The van der Waals surface area contributed by atoms with Crippen LogP contribution in [0.4, 0.5) is 4.39 Å². The van der Waals surface area contributed by atoms with Crippen molar-refractivity contribution in [1.29, 1.82) is 5.41 Å². The van der Waals surface area contributed by atoms with Crippen LogP contribution in [0.2, 0.25) is 0 Å². The molecule has 12 heavy (non-hydrogen) atoms. The van der Waals surface area contributed by atoms with Crippen LogP contribution in [0, 0.1) is 11.2 Å². The van der Waals surface area contributed by atoms with Crippen LogP contribution >= 0.6 is 15.9 Å². The molecular weight excluding hydrogens is 245 g/mol. The Labute approximate surface area is 79.9 Å². The first kappa shape index (κ1) is 9.54. The zero-order valence-electron chi connectivity index (χ0n) is 5.88. The Morgan fingerprint density at radius 3 is 2.75 bits per heavy atom. The van der Waals surface area contributed by atoms with E-state index in [4.69, 9.17) is 5.41 Å². The van der Waals surface area contributed by atoms with E-state index in [0.29, 0.717) is 10.0 Å². The summed E-state index contributed by atoms with van der Waals surface area (Å²) in [6, 6.07) is 4.19. The molecule has 1 N–H and O–H groups in total. The Bertz CT molecular complexity index is 342. The number of rotatable bonds is 2. The van der Waals surface area contributed by atoms with Gasteiger partial charge in [-0.2, -0.15) is 0 Å². The molecule has 64 valence electrons. The van der Waals surface area contributed by atoms with E-state index in [1.165, 1.54) is 12.1 Å². The van der Waals surface area contributed by atoms with Crippen LogP contribution < -0.4 is 0 Å². The quantitative estimate of drug-likeness (QED) is 0.635. The van der Waals surface area contributed by atoms with Gasteiger partial charge in [0.25, 0.3) is 0 Å². The number of hydrogen-bond donors (Lipinski definition) is 1. The predicted molar refractivity (Wildman–Crippen MR) is 49.3 cm³/mol. The van der Waals surface area contributed by atoms with Crippen LogP contribution in [0.3, 0.4) is 0 Å². The molecule has 0 saturated heterocycles. The molecule has 0 aromatic heterocycles. The zero-order valence-corrected chi connectivity index (χ0v) is 8.28. The number of benzene rings is 1. The van der Waals surface area contributed by atoms with E-state index in [1.54, 1.807) is 6.07 Å². The zero-order chi connectivity index (χ0) is 9.14. The highest BCUT2D eigenvalue weighted by Crippen LogP contribution is 2.17. The van der Waals surface area contributed by atoms with Crippen molar-refractivity contribution in [3.05, 3.63) is 28.5 Å². The molecule has 0 aliphatic rings. The Hall–Kier alpha value is -0.550. The molecule has 0 aliphatic heterocycles. The van der Waals surface area contributed by atoms with Crippen molar-refractivity contribution in [2.24, 2.45) is 0 Å². The second-order valence-corrected chi connectivity index (χ2v) is 4.18. The van der Waals surface area contributed by atoms with Gasteiger partial charge in [0.2, 0.25) is 0 Å². The molecule has 0 bridgehead atoms. The summed E-state index contributed by atoms with van der Waals surface area (Å²) in [6.07, 6.45) is 0. The standard InChI is InChI=1S/C7H5BrFNOS/c8-5-1-2-7(6(9)3-5)12(11)4-10/h1-4,10H. The fourth-order valence-corrected chi connectivity index (χ4v) is 1.62. The van der Waals surface area contributed by atoms with Crippen LogP contribution in [0.15, 0.2) is 27.6 Å². The van der Waals surface area contributed by atoms with Crippen molar-refractivity contribution in [3.8, 4) is 0 Å². The van der Waals surface area contributed by atoms with E-state index in [9.17, 15) is 8.60 Å². The third-order valence-corrected chi connectivity index (χ3v) is 2.69. The average molecular weight is 250 g/mol. The Kier molecular flexibility index (Phi) is 3.11. The van der Waals surface area contributed by atoms with Gasteiger partial charge >= 0.3 is 0 Å². The lowest BCUT2D eigenvalue weighted by Crippen LogP contribution is -1.94. The normalized spacial score (nSPS) is 12.5. The van der Waals surface area contributed by atoms with Crippen molar-refractivity contribution in [2.75, 3.05) is 0 Å². The van der Waals surface area contributed by atoms with Crippen LogP contribution in [0.5, 0.6) is 0 Å². The monoisotopic (exact) mass is 249 g/mol. The summed E-state index contributed by atoms with van der Waals surface area (Å²) in [5.41, 5.74) is 0.701. The van der Waals surface area contributed by atoms with Crippen molar-refractivity contribution in [3.63, 3.8) is 0 Å². The van der Waals surface area contributed by atoms with E-state index in [-0.39, 0.29) is 4.90 Å². The summed E-state index contributed by atoms with van der Waals surface area (Å²) in [4.78, 5) is 0.0354. The maximum Gasteiger partial charge on any atom is 0.140 e. The van der Waals surface area contributed by atoms with Crippen molar-refractivity contribution < 1.29 is 8.60 Å². The number of halogens is 2. The molecule has 0 aliphatic carbocycles. The van der Waals surface area contributed by atoms with Crippen LogP contribution in [-0.4, -0.2) is 9.76 Å². The third-order valence-electron chi connectivity index (χ3n) is 1.22. The molecule has 1 rings (SSSR count). The first-order chi connectivity index (χ1) is 5.65. The minimum Gasteiger partial charge on any atom is -0.299 e. The Balaban J connectivity index is 3.18. The maximum absolute atomic E-state index is 13.0. The van der Waals surface area contributed by atoms with Gasteiger partial charge in [0.05, 0.1) is 21.2 Å². The average Bonchev–Trinajstić information content (AvgIpc) is 2.03. The molecule has 0 saturated carbocycles. The van der Waals surface area contributed by atoms with Crippen LogP contribution in [-0.2, 0) is 10.8 Å². The van der Waals surface area contributed by atoms with Crippen molar-refractivity contribution in [2.45, 2.75) is 4.90 Å². The lowest BCUT2D eigenvalue weighted by atomic mass is 10.3. The third kappa shape index (κ3) is 1.98. The van der Waals surface area contributed by atoms with Crippen molar-refractivity contribution >= 4 is 32.3 Å². The first-order valence-corrected chi connectivity index (χ1v) is 5.02. The van der Waals surface area contributed by atoms with Crippen LogP contribution in [0.1, 0.15) is 0 Å². The fourth-order valence-electron chi connectivity index (χ4n) is 0.702. The van der Waals surface area contributed by atoms with Gasteiger partial charge in [-0.3, -0.25) is 5.41 Å². The summed E-state index contributed by atoms with van der Waals surface area (Å²) in [5.74, 6) is -0.564. The van der Waals surface area contributed by atoms with E-state index in [1.807, 2.05) is 0 Å². The van der Waals surface area contributed by atoms with E-state index >= 15 is 0 Å². The van der Waals surface area contributed by atoms with Gasteiger partial charge in [-0.25, -0.2) is 8.60 Å². The van der Waals surface area contributed by atoms with Gasteiger partial charge in [-0.15, -0.1) is 0 Å². The summed E-state index contributed by atoms with van der Waals surface area (Å²) in [6.45, 7) is 0. The smallest absolute Gasteiger partial charge is 0.140 e. The Morgan fingerprint density at radius 2 is 2.25 bits per heavy atom. The van der Waals surface area contributed by atoms with Gasteiger partial charge in [-0.1, -0.05) is 15.9 Å². The molecule has 0 fully saturated rings. The van der Waals surface area contributed by atoms with Gasteiger partial charge in [0.15, 0.2) is 0 Å². The second-order valence-electron chi connectivity index (χ2n) is 1.99. The number of hydrogen-bond acceptors (Lipinski definition) is 2. The molecule has 2 nitrogen and oxygen atoms in total. The van der Waals surface area contributed by atoms with Crippen LogP contribution in [0.25, 0.3) is 0 Å². The molecule has 1 atom stereocenters. The minimum atomic E-state index is -1.66. The predicted octanol–water partition coefficient (Wildman–Crippen LogP) is 2.30. The molecule has 5 heteroatoms. The van der Waals surface area contributed by atoms with Gasteiger partial charge < -0.3 is 0 Å². The first-order valence-electron chi connectivity index (χ1n) is 3.01. The highest BCUT2D eigenvalue weighted by Gasteiger charge is 2.07. The molecule has 1 unspecified atom stereocenters. The highest BCUT2D eigenvalue weighted by molar-refractivity contribution is 9.10. The summed E-state index contributed by atoms with van der Waals surface area (Å²) >= 11 is 3.07. The molecule has 0 radical (unpaired) electrons. The SMILES string of the molecule is N=CS(=O)c1ccc(Br)cc1F. The molecule has 1 aromatic carbocycles. The Morgan fingerprint density at radius 1 is 1.58 bits per heavy atom. The maximum atomic E-state index is 13.0. The molecule has 0 heterocycles. The lowest BCUT2D eigenvalue weighted by Gasteiger charge is -1.97. The van der Waals surface area contributed by atoms with Crippen molar-refractivity contribution in [1.82, 2.24) is 0 Å². The highest BCUT2D eigenvalue weighted by atomic mass is 79.9. The van der Waals surface area contributed by atoms with Gasteiger partial charge in [-0.05, 0) is 18.2 Å². The summed E-state index contributed by atoms with van der Waals surface area (Å²) < 4.78 is 24.5. The largest absolute Gasteiger partial charge is 0.299 e. The molecule has 0 spiro atoms. The van der Waals surface area contributed by atoms with E-state index < -0.39 is 16.6 Å². The van der Waals surface area contributed by atoms with E-state index in [0.717, 1.165) is 0 Å². The molecule has 1 aromatic rings. The van der Waals surface area contributed by atoms with Gasteiger partial charge in [0.1, 0.15) is 5.82 Å². The molecular formula is C7H5BrFNOS. The minimum absolute atomic E-state index is 0.0354. The topological polar surface area (TPSA) is 40.9 Å². The summed E-state index contributed by atoms with van der Waals surface area (Å²) in [5, 5.41) is 6.69. The lowest BCUT2D eigenvalue weighted by molar-refractivity contribution is 0.596. The van der Waals surface area contributed by atoms with Gasteiger partial charge in [0, 0.05) is 4.47 Å².